The summed E-state index contributed by atoms with van der Waals surface area (Å²) in [7, 11) is 0. The van der Waals surface area contributed by atoms with Gasteiger partial charge in [0.15, 0.2) is 0 Å². The van der Waals surface area contributed by atoms with E-state index >= 15 is 0 Å². The molecule has 6 nitrogen and oxygen atoms in total. The van der Waals surface area contributed by atoms with Gasteiger partial charge >= 0.3 is 0 Å². The number of nitrogens with zero attached hydrogens (tertiary/aromatic N) is 3. The normalized spacial score (nSPS) is 12.1. The summed E-state index contributed by atoms with van der Waals surface area (Å²) in [4.78, 5) is 25.7. The van der Waals surface area contributed by atoms with Gasteiger partial charge in [-0.1, -0.05) is 67.6 Å². The summed E-state index contributed by atoms with van der Waals surface area (Å²) in [5.74, 6) is -0.0379. The molecule has 164 valence electrons. The zero-order valence-corrected chi connectivity index (χ0v) is 18.7. The Bertz CT molecular complexity index is 1290. The molecule has 32 heavy (non-hydrogen) atoms. The Morgan fingerprint density at radius 3 is 2.34 bits per heavy atom. The van der Waals surface area contributed by atoms with Gasteiger partial charge < -0.3 is 9.88 Å². The maximum atomic E-state index is 13.2. The fraction of sp³-hybridized carbons (Fsp3) is 0.269. The first-order valence-corrected chi connectivity index (χ1v) is 10.9. The third-order valence-corrected chi connectivity index (χ3v) is 6.06. The smallest absolute Gasteiger partial charge is 0.276 e. The number of benzene rings is 2. The first-order valence-electron chi connectivity index (χ1n) is 10.9. The Morgan fingerprint density at radius 2 is 1.66 bits per heavy atom. The number of fused-ring (bicyclic) bond motifs is 1. The molecule has 2 aromatic carbocycles. The first-order chi connectivity index (χ1) is 15.5. The van der Waals surface area contributed by atoms with Crippen LogP contribution >= 0.6 is 0 Å². The molecule has 1 atom stereocenters. The van der Waals surface area contributed by atoms with E-state index in [0.717, 1.165) is 22.3 Å². The molecule has 0 aliphatic heterocycles. The van der Waals surface area contributed by atoms with Crippen molar-refractivity contribution in [2.45, 2.75) is 39.8 Å². The van der Waals surface area contributed by atoms with Crippen LogP contribution in [0.5, 0.6) is 0 Å². The van der Waals surface area contributed by atoms with Crippen molar-refractivity contribution in [3.63, 3.8) is 0 Å². The van der Waals surface area contributed by atoms with Crippen LogP contribution in [0.3, 0.4) is 0 Å². The third-order valence-electron chi connectivity index (χ3n) is 6.06. The molecule has 0 aliphatic rings. The second-order valence-electron chi connectivity index (χ2n) is 8.25. The Hall–Kier alpha value is -3.67. The third kappa shape index (κ3) is 4.35. The number of hydrogen-bond acceptors (Lipinski definition) is 3. The van der Waals surface area contributed by atoms with Crippen LogP contribution in [-0.4, -0.2) is 26.8 Å². The molecule has 0 bridgehead atoms. The predicted octanol–water partition coefficient (Wildman–Crippen LogP) is 3.78. The molecule has 1 N–H and O–H groups in total. The van der Waals surface area contributed by atoms with E-state index in [-0.39, 0.29) is 23.9 Å². The molecular formula is C26H28N4O2. The average Bonchev–Trinajstić information content (AvgIpc) is 3.05. The second-order valence-corrected chi connectivity index (χ2v) is 8.25. The van der Waals surface area contributed by atoms with Crippen LogP contribution < -0.4 is 10.9 Å². The first kappa shape index (κ1) is 21.6. The van der Waals surface area contributed by atoms with Gasteiger partial charge in [-0.25, -0.2) is 4.68 Å². The van der Waals surface area contributed by atoms with Gasteiger partial charge in [-0.3, -0.25) is 9.59 Å². The molecule has 0 aliphatic carbocycles. The van der Waals surface area contributed by atoms with Gasteiger partial charge in [0.25, 0.3) is 5.56 Å². The fourth-order valence-electron chi connectivity index (χ4n) is 4.12. The molecule has 4 rings (SSSR count). The number of nitrogens with one attached hydrogen (secondary N) is 1. The van der Waals surface area contributed by atoms with Crippen molar-refractivity contribution >= 4 is 16.7 Å². The van der Waals surface area contributed by atoms with Crippen LogP contribution in [0.25, 0.3) is 10.8 Å². The summed E-state index contributed by atoms with van der Waals surface area (Å²) in [5, 5.41) is 8.66. The highest BCUT2D eigenvalue weighted by atomic mass is 16.2. The van der Waals surface area contributed by atoms with E-state index < -0.39 is 0 Å². The molecule has 0 saturated heterocycles. The molecule has 2 aromatic heterocycles. The summed E-state index contributed by atoms with van der Waals surface area (Å²) in [6.07, 6.45) is 1.69. The van der Waals surface area contributed by atoms with E-state index in [9.17, 15) is 9.59 Å². The Kier molecular flexibility index (Phi) is 6.21. The zero-order valence-electron chi connectivity index (χ0n) is 18.7. The largest absolute Gasteiger partial charge is 0.354 e. The fourth-order valence-corrected chi connectivity index (χ4v) is 4.12. The molecule has 0 spiro atoms. The van der Waals surface area contributed by atoms with E-state index in [1.54, 1.807) is 6.20 Å². The molecule has 6 heteroatoms. The van der Waals surface area contributed by atoms with E-state index in [4.69, 9.17) is 0 Å². The van der Waals surface area contributed by atoms with Crippen molar-refractivity contribution in [3.05, 3.63) is 99.7 Å². The molecule has 0 fully saturated rings. The molecule has 0 saturated carbocycles. The Balaban J connectivity index is 1.52. The van der Waals surface area contributed by atoms with Gasteiger partial charge in [0.05, 0.1) is 11.6 Å². The summed E-state index contributed by atoms with van der Waals surface area (Å²) < 4.78 is 3.39. The quantitative estimate of drug-likeness (QED) is 0.487. The van der Waals surface area contributed by atoms with Crippen molar-refractivity contribution in [1.82, 2.24) is 19.7 Å². The summed E-state index contributed by atoms with van der Waals surface area (Å²) in [6.45, 7) is 7.11. The topological polar surface area (TPSA) is 68.9 Å². The monoisotopic (exact) mass is 428 g/mol. The Morgan fingerprint density at radius 1 is 1.00 bits per heavy atom. The Labute approximate surface area is 187 Å². The minimum absolute atomic E-state index is 0.0986. The van der Waals surface area contributed by atoms with Crippen molar-refractivity contribution < 1.29 is 4.79 Å². The van der Waals surface area contributed by atoms with Crippen molar-refractivity contribution in [1.29, 1.82) is 0 Å². The van der Waals surface area contributed by atoms with E-state index in [0.29, 0.717) is 18.5 Å². The lowest BCUT2D eigenvalue weighted by atomic mass is 10.0. The van der Waals surface area contributed by atoms with E-state index in [1.807, 2.05) is 62.4 Å². The van der Waals surface area contributed by atoms with Crippen molar-refractivity contribution in [2.75, 3.05) is 6.54 Å². The minimum Gasteiger partial charge on any atom is -0.354 e. The van der Waals surface area contributed by atoms with Gasteiger partial charge in [0.2, 0.25) is 5.91 Å². The molecule has 4 aromatic rings. The summed E-state index contributed by atoms with van der Waals surface area (Å²) in [6, 6.07) is 20.2. The van der Waals surface area contributed by atoms with E-state index in [1.165, 1.54) is 10.2 Å². The molecule has 0 radical (unpaired) electrons. The SMILES string of the molecule is Cc1c2cnn(CC(=O)NC[C@@H](C)c3ccccc3)c(=O)c2c(C)n1Cc1ccccc1. The molecule has 0 unspecified atom stereocenters. The number of carbonyl (C=O) groups is 1. The zero-order chi connectivity index (χ0) is 22.7. The van der Waals surface area contributed by atoms with Gasteiger partial charge in [-0.05, 0) is 30.9 Å². The average molecular weight is 429 g/mol. The van der Waals surface area contributed by atoms with Gasteiger partial charge in [0, 0.05) is 29.9 Å². The lowest BCUT2D eigenvalue weighted by Crippen LogP contribution is -2.35. The summed E-state index contributed by atoms with van der Waals surface area (Å²) in [5.41, 5.74) is 3.98. The number of rotatable bonds is 7. The number of hydrogen-bond donors (Lipinski definition) is 1. The van der Waals surface area contributed by atoms with Crippen molar-refractivity contribution in [2.24, 2.45) is 0 Å². The van der Waals surface area contributed by atoms with Crippen LogP contribution in [0.15, 0.2) is 71.7 Å². The highest BCUT2D eigenvalue weighted by Crippen LogP contribution is 2.23. The number of aryl methyl sites for hydroxylation is 2. The highest BCUT2D eigenvalue weighted by Gasteiger charge is 2.17. The summed E-state index contributed by atoms with van der Waals surface area (Å²) >= 11 is 0. The minimum atomic E-state index is -0.235. The lowest BCUT2D eigenvalue weighted by molar-refractivity contribution is -0.121. The maximum absolute atomic E-state index is 13.2. The number of amides is 1. The standard InChI is InChI=1S/C26H28N4O2/c1-18(22-12-8-5-9-13-22)14-27-24(31)17-30-26(32)25-20(3)29(19(2)23(25)15-28-30)16-21-10-6-4-7-11-21/h4-13,15,18H,14,16-17H2,1-3H3,(H,27,31)/t18-/m1/s1. The van der Waals surface area contributed by atoms with Crippen molar-refractivity contribution in [3.8, 4) is 0 Å². The lowest BCUT2D eigenvalue weighted by Gasteiger charge is -2.13. The molecule has 2 heterocycles. The van der Waals surface area contributed by atoms with E-state index in [2.05, 4.69) is 34.0 Å². The molecular weight excluding hydrogens is 400 g/mol. The van der Waals surface area contributed by atoms with Crippen LogP contribution in [0.2, 0.25) is 0 Å². The van der Waals surface area contributed by atoms with Crippen LogP contribution in [0.4, 0.5) is 0 Å². The van der Waals surface area contributed by atoms with Crippen LogP contribution in [-0.2, 0) is 17.9 Å². The van der Waals surface area contributed by atoms with Gasteiger partial charge in [0.1, 0.15) is 6.54 Å². The number of carbonyl (C=O) groups excluding carboxylic acids is 1. The van der Waals surface area contributed by atoms with Gasteiger partial charge in [-0.2, -0.15) is 5.10 Å². The second kappa shape index (κ2) is 9.22. The molecule has 1 amide bonds. The van der Waals surface area contributed by atoms with Crippen LogP contribution in [0, 0.1) is 13.8 Å². The van der Waals surface area contributed by atoms with Gasteiger partial charge in [-0.15, -0.1) is 0 Å². The predicted molar refractivity (Wildman–Crippen MR) is 127 cm³/mol. The number of aromatic nitrogens is 3. The van der Waals surface area contributed by atoms with Crippen LogP contribution in [0.1, 0.15) is 35.4 Å². The highest BCUT2D eigenvalue weighted by molar-refractivity contribution is 5.87. The maximum Gasteiger partial charge on any atom is 0.276 e.